The molecule has 0 bridgehead atoms. The molecule has 0 spiro atoms. The summed E-state index contributed by atoms with van der Waals surface area (Å²) in [6, 6.07) is -0.696. The van der Waals surface area contributed by atoms with E-state index in [1.165, 1.54) is 21.6 Å². The molecular weight excluding hydrogens is 248 g/mol. The molecule has 0 fully saturated rings. The highest BCUT2D eigenvalue weighted by Crippen LogP contribution is 2.23. The summed E-state index contributed by atoms with van der Waals surface area (Å²) >= 11 is 0. The Bertz CT molecular complexity index is 215. The van der Waals surface area contributed by atoms with Gasteiger partial charge in [-0.25, -0.2) is 0 Å². The van der Waals surface area contributed by atoms with Gasteiger partial charge in [-0.05, 0) is 21.0 Å². The maximum absolute atomic E-state index is 11.1. The normalized spacial score (nSPS) is 14.4. The van der Waals surface area contributed by atoms with Crippen molar-refractivity contribution in [3.05, 3.63) is 0 Å². The van der Waals surface area contributed by atoms with Gasteiger partial charge in [-0.1, -0.05) is 21.6 Å². The van der Waals surface area contributed by atoms with Crippen molar-refractivity contribution in [1.82, 2.24) is 10.6 Å². The van der Waals surface area contributed by atoms with E-state index in [2.05, 4.69) is 10.6 Å². The Morgan fingerprint density at radius 3 is 1.88 bits per heavy atom. The molecule has 0 aliphatic rings. The first kappa shape index (κ1) is 15.8. The zero-order chi connectivity index (χ0) is 12.6. The summed E-state index contributed by atoms with van der Waals surface area (Å²) in [5.74, 6) is 0.364. The maximum atomic E-state index is 11.1. The highest BCUT2D eigenvalue weighted by Gasteiger charge is 2.16. The van der Waals surface area contributed by atoms with Crippen LogP contribution < -0.4 is 10.6 Å². The van der Waals surface area contributed by atoms with Crippen LogP contribution in [0.1, 0.15) is 6.92 Å². The Morgan fingerprint density at radius 2 is 1.56 bits per heavy atom. The molecule has 0 amide bonds. The number of carbonyl (C=O) groups excluding carboxylic acids is 1. The first-order valence-electron chi connectivity index (χ1n) is 4.85. The van der Waals surface area contributed by atoms with Gasteiger partial charge in [0.1, 0.15) is 11.8 Å². The summed E-state index contributed by atoms with van der Waals surface area (Å²) in [6.07, 6.45) is 0. The lowest BCUT2D eigenvalue weighted by Crippen LogP contribution is -2.36. The molecule has 0 unspecified atom stereocenters. The van der Waals surface area contributed by atoms with Crippen LogP contribution in [-0.2, 0) is 9.59 Å². The van der Waals surface area contributed by atoms with Crippen molar-refractivity contribution in [2.45, 2.75) is 19.0 Å². The molecular formula is C9H18N2O3S2. The van der Waals surface area contributed by atoms with Gasteiger partial charge < -0.3 is 15.7 Å². The van der Waals surface area contributed by atoms with E-state index in [0.717, 1.165) is 0 Å². The summed E-state index contributed by atoms with van der Waals surface area (Å²) in [5.41, 5.74) is 0. The van der Waals surface area contributed by atoms with Crippen molar-refractivity contribution < 1.29 is 14.7 Å². The maximum Gasteiger partial charge on any atom is 0.321 e. The number of likely N-dealkylation sites (N-methyl/N-ethyl adjacent to an activating group) is 2. The van der Waals surface area contributed by atoms with Gasteiger partial charge in [0.25, 0.3) is 0 Å². The largest absolute Gasteiger partial charge is 0.480 e. The van der Waals surface area contributed by atoms with Crippen molar-refractivity contribution in [1.29, 1.82) is 0 Å². The number of carboxylic acids is 1. The van der Waals surface area contributed by atoms with Crippen molar-refractivity contribution in [2.24, 2.45) is 0 Å². The second kappa shape index (κ2) is 8.86. The topological polar surface area (TPSA) is 78.4 Å². The zero-order valence-electron chi connectivity index (χ0n) is 9.65. The number of ketones is 1. The molecule has 0 saturated heterocycles. The van der Waals surface area contributed by atoms with E-state index in [4.69, 9.17) is 5.11 Å². The van der Waals surface area contributed by atoms with Crippen molar-refractivity contribution in [3.63, 3.8) is 0 Å². The van der Waals surface area contributed by atoms with Gasteiger partial charge in [-0.2, -0.15) is 0 Å². The van der Waals surface area contributed by atoms with Crippen LogP contribution in [0.25, 0.3) is 0 Å². The third-order valence-electron chi connectivity index (χ3n) is 2.04. The third kappa shape index (κ3) is 6.37. The molecule has 5 nitrogen and oxygen atoms in total. The fourth-order valence-electron chi connectivity index (χ4n) is 0.914. The van der Waals surface area contributed by atoms with E-state index in [9.17, 15) is 9.59 Å². The van der Waals surface area contributed by atoms with E-state index >= 15 is 0 Å². The van der Waals surface area contributed by atoms with Gasteiger partial charge in [0.15, 0.2) is 0 Å². The lowest BCUT2D eigenvalue weighted by molar-refractivity contribution is -0.138. The number of rotatable bonds is 9. The number of carbonyl (C=O) groups is 2. The quantitative estimate of drug-likeness (QED) is 0.407. The summed E-state index contributed by atoms with van der Waals surface area (Å²) < 4.78 is 0. The number of aliphatic carboxylic acids is 1. The molecule has 0 aromatic heterocycles. The van der Waals surface area contributed by atoms with Crippen molar-refractivity contribution >= 4 is 33.3 Å². The molecule has 0 radical (unpaired) electrons. The minimum Gasteiger partial charge on any atom is -0.480 e. The van der Waals surface area contributed by atoms with Gasteiger partial charge in [0, 0.05) is 11.5 Å². The van der Waals surface area contributed by atoms with Gasteiger partial charge in [-0.3, -0.25) is 9.59 Å². The molecule has 0 aromatic carbocycles. The highest BCUT2D eigenvalue weighted by molar-refractivity contribution is 8.76. The van der Waals surface area contributed by atoms with Crippen LogP contribution in [0.15, 0.2) is 0 Å². The van der Waals surface area contributed by atoms with Crippen LogP contribution in [0.2, 0.25) is 0 Å². The third-order valence-corrected chi connectivity index (χ3v) is 4.46. The predicted molar refractivity (Wildman–Crippen MR) is 68.9 cm³/mol. The van der Waals surface area contributed by atoms with E-state index in [1.54, 1.807) is 21.0 Å². The number of Topliss-reactive ketones (excluding diaryl/α,β-unsaturated/α-hetero) is 1. The molecule has 0 aliphatic heterocycles. The molecule has 7 heteroatoms. The minimum atomic E-state index is -0.854. The highest BCUT2D eigenvalue weighted by atomic mass is 33.1. The SMILES string of the molecule is CN[C@@H](CSSC[C@H](NC)C(=O)O)C(C)=O. The average Bonchev–Trinajstić information content (AvgIpc) is 2.22. The Balaban J connectivity index is 3.73. The molecule has 94 valence electrons. The van der Waals surface area contributed by atoms with Gasteiger partial charge >= 0.3 is 5.97 Å². The van der Waals surface area contributed by atoms with E-state index in [0.29, 0.717) is 11.5 Å². The lowest BCUT2D eigenvalue weighted by Gasteiger charge is -2.13. The number of hydrogen-bond donors (Lipinski definition) is 3. The fourth-order valence-corrected chi connectivity index (χ4v) is 3.48. The Labute approximate surface area is 104 Å². The van der Waals surface area contributed by atoms with Crippen LogP contribution in [0.3, 0.4) is 0 Å². The predicted octanol–water partition coefficient (Wildman–Crippen LogP) is 0.217. The number of carboxylic acid groups (broad SMARTS) is 1. The van der Waals surface area contributed by atoms with Crippen LogP contribution in [-0.4, -0.2) is 54.5 Å². The van der Waals surface area contributed by atoms with Gasteiger partial charge in [-0.15, -0.1) is 0 Å². The first-order chi connectivity index (χ1) is 7.52. The monoisotopic (exact) mass is 266 g/mol. The van der Waals surface area contributed by atoms with Crippen LogP contribution in [0.4, 0.5) is 0 Å². The Kier molecular flexibility index (Phi) is 8.73. The first-order valence-corrected chi connectivity index (χ1v) is 7.34. The molecule has 16 heavy (non-hydrogen) atoms. The van der Waals surface area contributed by atoms with E-state index in [-0.39, 0.29) is 11.8 Å². The zero-order valence-corrected chi connectivity index (χ0v) is 11.3. The molecule has 0 saturated carbocycles. The molecule has 0 heterocycles. The van der Waals surface area contributed by atoms with Crippen LogP contribution >= 0.6 is 21.6 Å². The Morgan fingerprint density at radius 1 is 1.12 bits per heavy atom. The molecule has 2 atom stereocenters. The average molecular weight is 266 g/mol. The standard InChI is InChI=1S/C9H18N2O3S2/c1-6(12)7(10-2)4-15-16-5-8(11-3)9(13)14/h7-8,10-11H,4-5H2,1-3H3,(H,13,14)/t7-,8-/m0/s1. The van der Waals surface area contributed by atoms with E-state index in [1.807, 2.05) is 0 Å². The van der Waals surface area contributed by atoms with Crippen LogP contribution in [0, 0.1) is 0 Å². The van der Waals surface area contributed by atoms with Gasteiger partial charge in [0.05, 0.1) is 6.04 Å². The minimum absolute atomic E-state index is 0.0963. The molecule has 3 N–H and O–H groups in total. The van der Waals surface area contributed by atoms with Gasteiger partial charge in [0.2, 0.25) is 0 Å². The molecule has 0 aromatic rings. The van der Waals surface area contributed by atoms with Crippen molar-refractivity contribution in [2.75, 3.05) is 25.6 Å². The Hall–Kier alpha value is -0.240. The second-order valence-electron chi connectivity index (χ2n) is 3.20. The fraction of sp³-hybridized carbons (Fsp3) is 0.778. The molecule has 0 rings (SSSR count). The van der Waals surface area contributed by atoms with Crippen LogP contribution in [0.5, 0.6) is 0 Å². The lowest BCUT2D eigenvalue weighted by atomic mass is 10.2. The smallest absolute Gasteiger partial charge is 0.321 e. The number of hydrogen-bond acceptors (Lipinski definition) is 6. The second-order valence-corrected chi connectivity index (χ2v) is 5.75. The van der Waals surface area contributed by atoms with Crippen molar-refractivity contribution in [3.8, 4) is 0 Å². The van der Waals surface area contributed by atoms with E-state index < -0.39 is 12.0 Å². The number of nitrogens with one attached hydrogen (secondary N) is 2. The summed E-state index contributed by atoms with van der Waals surface area (Å²) in [5, 5.41) is 14.4. The summed E-state index contributed by atoms with van der Waals surface area (Å²) in [4.78, 5) is 21.7. The summed E-state index contributed by atoms with van der Waals surface area (Å²) in [6.45, 7) is 1.54. The summed E-state index contributed by atoms with van der Waals surface area (Å²) in [7, 11) is 6.32. The molecule has 0 aliphatic carbocycles.